The van der Waals surface area contributed by atoms with Crippen LogP contribution in [-0.4, -0.2) is 17.8 Å². The van der Waals surface area contributed by atoms with Crippen LogP contribution in [0.1, 0.15) is 122 Å². The van der Waals surface area contributed by atoms with Gasteiger partial charge in [0.1, 0.15) is 0 Å². The lowest BCUT2D eigenvalue weighted by molar-refractivity contribution is 0.282. The lowest BCUT2D eigenvalue weighted by Crippen LogP contribution is -2.18. The molecule has 0 aliphatic rings. The molecule has 0 spiro atoms. The minimum atomic E-state index is 0.367. The molecule has 0 radical (unpaired) electrons. The zero-order valence-electron chi connectivity index (χ0n) is 16.0. The van der Waals surface area contributed by atoms with Crippen LogP contribution >= 0.6 is 0 Å². The van der Waals surface area contributed by atoms with Crippen molar-refractivity contribution in [1.29, 1.82) is 0 Å². The van der Waals surface area contributed by atoms with E-state index in [0.29, 0.717) is 12.6 Å². The summed E-state index contributed by atoms with van der Waals surface area (Å²) in [6.45, 7) is 2.59. The second-order valence-corrected chi connectivity index (χ2v) is 7.36. The third-order valence-electron chi connectivity index (χ3n) is 4.89. The molecule has 0 bridgehead atoms. The molecular weight excluding hydrogens is 282 g/mol. The monoisotopic (exact) mass is 327 g/mol. The first-order valence-electron chi connectivity index (χ1n) is 10.7. The van der Waals surface area contributed by atoms with Gasteiger partial charge in [-0.25, -0.2) is 0 Å². The molecule has 23 heavy (non-hydrogen) atoms. The number of hydrogen-bond donors (Lipinski definition) is 2. The molecule has 3 N–H and O–H groups in total. The number of aliphatic hydroxyl groups is 1. The van der Waals surface area contributed by atoms with E-state index in [9.17, 15) is 0 Å². The zero-order chi connectivity index (χ0) is 17.0. The molecule has 0 aliphatic carbocycles. The second kappa shape index (κ2) is 20.0. The van der Waals surface area contributed by atoms with E-state index in [1.54, 1.807) is 0 Å². The van der Waals surface area contributed by atoms with E-state index in [-0.39, 0.29) is 0 Å². The van der Waals surface area contributed by atoms with Gasteiger partial charge >= 0.3 is 0 Å². The van der Waals surface area contributed by atoms with Gasteiger partial charge in [-0.3, -0.25) is 0 Å². The van der Waals surface area contributed by atoms with Crippen LogP contribution in [0.3, 0.4) is 0 Å². The number of hydrogen-bond acceptors (Lipinski definition) is 2. The molecule has 0 saturated carbocycles. The summed E-state index contributed by atoms with van der Waals surface area (Å²) < 4.78 is 0. The average molecular weight is 328 g/mol. The minimum absolute atomic E-state index is 0.367. The van der Waals surface area contributed by atoms with E-state index in [1.165, 1.54) is 109 Å². The largest absolute Gasteiger partial charge is 0.396 e. The fourth-order valence-corrected chi connectivity index (χ4v) is 3.33. The number of nitrogens with two attached hydrogens (primary N) is 1. The van der Waals surface area contributed by atoms with Gasteiger partial charge in [0, 0.05) is 12.6 Å². The molecule has 0 aliphatic heterocycles. The summed E-state index contributed by atoms with van der Waals surface area (Å²) in [5.41, 5.74) is 6.03. The van der Waals surface area contributed by atoms with Crippen LogP contribution in [0.4, 0.5) is 0 Å². The van der Waals surface area contributed by atoms with E-state index >= 15 is 0 Å². The number of unbranched alkanes of at least 4 members (excludes halogenated alkanes) is 14. The van der Waals surface area contributed by atoms with E-state index in [2.05, 4.69) is 6.92 Å². The van der Waals surface area contributed by atoms with Crippen molar-refractivity contribution >= 4 is 0 Å². The summed E-state index contributed by atoms with van der Waals surface area (Å²) in [6, 6.07) is 0.453. The average Bonchev–Trinajstić information content (AvgIpc) is 2.54. The van der Waals surface area contributed by atoms with Gasteiger partial charge in [0.15, 0.2) is 0 Å². The molecule has 1 atom stereocenters. The Hall–Kier alpha value is -0.0800. The summed E-state index contributed by atoms with van der Waals surface area (Å²) in [7, 11) is 0. The zero-order valence-corrected chi connectivity index (χ0v) is 16.0. The van der Waals surface area contributed by atoms with Gasteiger partial charge in [-0.2, -0.15) is 0 Å². The Balaban J connectivity index is 3.00. The van der Waals surface area contributed by atoms with Gasteiger partial charge < -0.3 is 10.8 Å². The highest BCUT2D eigenvalue weighted by Gasteiger charge is 2.00. The van der Waals surface area contributed by atoms with E-state index < -0.39 is 0 Å². The van der Waals surface area contributed by atoms with Crippen LogP contribution in [-0.2, 0) is 0 Å². The molecule has 0 aromatic rings. The van der Waals surface area contributed by atoms with Crippen molar-refractivity contribution in [2.45, 2.75) is 129 Å². The van der Waals surface area contributed by atoms with Crippen molar-refractivity contribution < 1.29 is 5.11 Å². The molecule has 0 heterocycles. The van der Waals surface area contributed by atoms with Crippen LogP contribution in [0.5, 0.6) is 0 Å². The first kappa shape index (κ1) is 22.9. The van der Waals surface area contributed by atoms with Crippen LogP contribution in [0.2, 0.25) is 0 Å². The van der Waals surface area contributed by atoms with Crippen LogP contribution < -0.4 is 5.73 Å². The Kier molecular flexibility index (Phi) is 19.9. The van der Waals surface area contributed by atoms with Crippen LogP contribution in [0, 0.1) is 0 Å². The molecule has 0 saturated heterocycles. The first-order chi connectivity index (χ1) is 11.3. The molecule has 0 fully saturated rings. The van der Waals surface area contributed by atoms with Gasteiger partial charge in [-0.15, -0.1) is 0 Å². The molecule has 2 nitrogen and oxygen atoms in total. The van der Waals surface area contributed by atoms with Crippen molar-refractivity contribution in [3.63, 3.8) is 0 Å². The minimum Gasteiger partial charge on any atom is -0.396 e. The molecule has 0 rings (SSSR count). The standard InChI is InChI=1S/C21H45NO/c1-2-18-21(22)19-16-14-12-10-8-6-4-3-5-7-9-11-13-15-17-20-23/h21,23H,2-20,22H2,1H3. The van der Waals surface area contributed by atoms with Gasteiger partial charge in [0.25, 0.3) is 0 Å². The summed E-state index contributed by atoms with van der Waals surface area (Å²) in [4.78, 5) is 0. The fraction of sp³-hybridized carbons (Fsp3) is 1.00. The summed E-state index contributed by atoms with van der Waals surface area (Å²) in [5.74, 6) is 0. The maximum atomic E-state index is 8.71. The van der Waals surface area contributed by atoms with Crippen molar-refractivity contribution in [1.82, 2.24) is 0 Å². The lowest BCUT2D eigenvalue weighted by atomic mass is 10.0. The van der Waals surface area contributed by atoms with Crippen molar-refractivity contribution in [3.8, 4) is 0 Å². The molecule has 140 valence electrons. The Morgan fingerprint density at radius 3 is 1.26 bits per heavy atom. The molecular formula is C21H45NO. The van der Waals surface area contributed by atoms with E-state index in [1.807, 2.05) is 0 Å². The van der Waals surface area contributed by atoms with Gasteiger partial charge in [-0.05, 0) is 19.3 Å². The van der Waals surface area contributed by atoms with Gasteiger partial charge in [0.05, 0.1) is 0 Å². The molecule has 0 aromatic heterocycles. The highest BCUT2D eigenvalue weighted by Crippen LogP contribution is 2.14. The first-order valence-corrected chi connectivity index (χ1v) is 10.7. The van der Waals surface area contributed by atoms with Crippen molar-refractivity contribution in [2.75, 3.05) is 6.61 Å². The topological polar surface area (TPSA) is 46.2 Å². The Morgan fingerprint density at radius 1 is 0.565 bits per heavy atom. The smallest absolute Gasteiger partial charge is 0.0431 e. The molecule has 1 unspecified atom stereocenters. The normalized spacial score (nSPS) is 12.7. The fourth-order valence-electron chi connectivity index (χ4n) is 3.33. The van der Waals surface area contributed by atoms with Gasteiger partial charge in [-0.1, -0.05) is 103 Å². The second-order valence-electron chi connectivity index (χ2n) is 7.36. The SMILES string of the molecule is CCCC(N)CCCCCCCCCCCCCCCCCO. The summed E-state index contributed by atoms with van der Waals surface area (Å²) >= 11 is 0. The quantitative estimate of drug-likeness (QED) is 0.272. The summed E-state index contributed by atoms with van der Waals surface area (Å²) in [6.07, 6.45) is 24.0. The Labute approximate surface area is 146 Å². The maximum Gasteiger partial charge on any atom is 0.0431 e. The van der Waals surface area contributed by atoms with Crippen molar-refractivity contribution in [2.24, 2.45) is 5.73 Å². The van der Waals surface area contributed by atoms with Gasteiger partial charge in [0.2, 0.25) is 0 Å². The predicted molar refractivity (Wildman–Crippen MR) is 104 cm³/mol. The maximum absolute atomic E-state index is 8.71. The highest BCUT2D eigenvalue weighted by molar-refractivity contribution is 4.60. The third-order valence-corrected chi connectivity index (χ3v) is 4.89. The van der Waals surface area contributed by atoms with Crippen molar-refractivity contribution in [3.05, 3.63) is 0 Å². The molecule has 0 aromatic carbocycles. The van der Waals surface area contributed by atoms with E-state index in [4.69, 9.17) is 10.8 Å². The number of aliphatic hydroxyl groups excluding tert-OH is 1. The van der Waals surface area contributed by atoms with E-state index in [0.717, 1.165) is 6.42 Å². The summed E-state index contributed by atoms with van der Waals surface area (Å²) in [5, 5.41) is 8.71. The Morgan fingerprint density at radius 2 is 0.913 bits per heavy atom. The molecule has 0 amide bonds. The Bertz CT molecular complexity index is 208. The highest BCUT2D eigenvalue weighted by atomic mass is 16.2. The number of rotatable bonds is 19. The molecule has 2 heteroatoms. The third kappa shape index (κ3) is 19.9. The van der Waals surface area contributed by atoms with Crippen LogP contribution in [0.25, 0.3) is 0 Å². The predicted octanol–water partition coefficient (Wildman–Crippen LogP) is 6.35. The lowest BCUT2D eigenvalue weighted by Gasteiger charge is -2.09. The van der Waals surface area contributed by atoms with Crippen LogP contribution in [0.15, 0.2) is 0 Å².